The van der Waals surface area contributed by atoms with E-state index in [1.54, 1.807) is 4.90 Å². The van der Waals surface area contributed by atoms with Crippen molar-refractivity contribution < 1.29 is 19.2 Å². The normalized spacial score (nSPS) is 27.6. The number of fused-ring (bicyclic) bond motifs is 1. The van der Waals surface area contributed by atoms with Crippen LogP contribution in [-0.4, -0.2) is 51.2 Å². The minimum absolute atomic E-state index is 0.131. The minimum Gasteiger partial charge on any atom is -0.344 e. The lowest BCUT2D eigenvalue weighted by atomic mass is 9.81. The predicted octanol–water partition coefficient (Wildman–Crippen LogP) is 2.74. The maximum Gasteiger partial charge on any atom is 0.243 e. The second kappa shape index (κ2) is 7.94. The van der Waals surface area contributed by atoms with Crippen LogP contribution in [0.4, 0.5) is 0 Å². The van der Waals surface area contributed by atoms with Crippen LogP contribution in [0, 0.1) is 23.2 Å². The molecule has 0 radical (unpaired) electrons. The zero-order valence-corrected chi connectivity index (χ0v) is 18.9. The van der Waals surface area contributed by atoms with Crippen molar-refractivity contribution in [3.8, 4) is 0 Å². The third-order valence-electron chi connectivity index (χ3n) is 6.11. The van der Waals surface area contributed by atoms with Gasteiger partial charge in [-0.05, 0) is 11.8 Å². The van der Waals surface area contributed by atoms with Crippen LogP contribution in [0.2, 0.25) is 0 Å². The first kappa shape index (κ1) is 23.1. The number of Topliss-reactive ketones (excluding diaryl/α,β-unsaturated/α-hetero) is 2. The molecule has 1 saturated carbocycles. The minimum atomic E-state index is -1.05. The molecule has 0 aromatic rings. The van der Waals surface area contributed by atoms with Gasteiger partial charge in [-0.25, -0.2) is 0 Å². The van der Waals surface area contributed by atoms with E-state index in [1.165, 1.54) is 6.92 Å². The summed E-state index contributed by atoms with van der Waals surface area (Å²) in [5.41, 5.74) is -0.265. The van der Waals surface area contributed by atoms with Gasteiger partial charge >= 0.3 is 0 Å². The molecule has 2 aliphatic rings. The van der Waals surface area contributed by atoms with Crippen molar-refractivity contribution >= 4 is 46.6 Å². The van der Waals surface area contributed by atoms with Gasteiger partial charge in [0.25, 0.3) is 0 Å². The molecule has 1 unspecified atom stereocenters. The van der Waals surface area contributed by atoms with Crippen LogP contribution in [0.15, 0.2) is 0 Å². The smallest absolute Gasteiger partial charge is 0.243 e. The zero-order chi connectivity index (χ0) is 21.6. The largest absolute Gasteiger partial charge is 0.344 e. The van der Waals surface area contributed by atoms with Crippen molar-refractivity contribution in [3.05, 3.63) is 0 Å². The van der Waals surface area contributed by atoms with E-state index in [2.05, 4.69) is 5.32 Å². The van der Waals surface area contributed by atoms with Gasteiger partial charge in [0.05, 0.1) is 6.04 Å². The molecule has 28 heavy (non-hydrogen) atoms. The first-order valence-electron chi connectivity index (χ1n) is 9.78. The van der Waals surface area contributed by atoms with E-state index in [-0.39, 0.29) is 29.1 Å². The molecule has 0 spiro atoms. The fourth-order valence-corrected chi connectivity index (χ4v) is 4.64. The van der Waals surface area contributed by atoms with Gasteiger partial charge in [-0.3, -0.25) is 19.2 Å². The molecule has 2 amide bonds. The van der Waals surface area contributed by atoms with Gasteiger partial charge < -0.3 is 10.2 Å². The number of hydrogen-bond donors (Lipinski definition) is 1. The number of alkyl halides is 2. The van der Waals surface area contributed by atoms with E-state index >= 15 is 0 Å². The van der Waals surface area contributed by atoms with E-state index in [0.29, 0.717) is 19.4 Å². The summed E-state index contributed by atoms with van der Waals surface area (Å²) in [6, 6.07) is -1.73. The standard InChI is InChI=1S/C20H30Cl2N2O4/c1-7-8-13(16(26)11(3)25)23-17(27)15-14-12(20(14,21)22)9-24(15)18(28)10(2)19(4,5)6/h10,12-15H,7-9H2,1-6H3,(H,23,27)/t10-,12+,13?,14+,15+/m1/s1. The Morgan fingerprint density at radius 3 is 2.25 bits per heavy atom. The lowest BCUT2D eigenvalue weighted by Crippen LogP contribution is -2.55. The molecule has 1 aliphatic heterocycles. The number of ketones is 2. The monoisotopic (exact) mass is 432 g/mol. The summed E-state index contributed by atoms with van der Waals surface area (Å²) in [7, 11) is 0. The number of carbonyl (C=O) groups is 4. The van der Waals surface area contributed by atoms with Gasteiger partial charge in [0.2, 0.25) is 17.6 Å². The Morgan fingerprint density at radius 2 is 1.79 bits per heavy atom. The molecule has 5 atom stereocenters. The predicted molar refractivity (Wildman–Crippen MR) is 108 cm³/mol. The quantitative estimate of drug-likeness (QED) is 0.494. The van der Waals surface area contributed by atoms with Crippen molar-refractivity contribution in [2.45, 2.75) is 70.8 Å². The Bertz CT molecular complexity index is 686. The van der Waals surface area contributed by atoms with Gasteiger partial charge in [-0.15, -0.1) is 23.2 Å². The topological polar surface area (TPSA) is 83.6 Å². The Kier molecular flexibility index (Phi) is 6.56. The van der Waals surface area contributed by atoms with Crippen LogP contribution in [0.3, 0.4) is 0 Å². The van der Waals surface area contributed by atoms with Crippen LogP contribution in [-0.2, 0) is 19.2 Å². The van der Waals surface area contributed by atoms with Crippen molar-refractivity contribution in [2.75, 3.05) is 6.54 Å². The van der Waals surface area contributed by atoms with E-state index in [4.69, 9.17) is 23.2 Å². The molecule has 1 heterocycles. The molecule has 158 valence electrons. The summed E-state index contributed by atoms with van der Waals surface area (Å²) >= 11 is 12.6. The van der Waals surface area contributed by atoms with E-state index < -0.39 is 33.9 Å². The number of nitrogens with zero attached hydrogens (tertiary/aromatic N) is 1. The second-order valence-corrected chi connectivity index (χ2v) is 10.5. The van der Waals surface area contributed by atoms with Gasteiger partial charge in [0, 0.05) is 31.2 Å². The number of piperidine rings is 1. The van der Waals surface area contributed by atoms with Crippen LogP contribution < -0.4 is 5.32 Å². The van der Waals surface area contributed by atoms with Gasteiger partial charge in [0.15, 0.2) is 5.78 Å². The summed E-state index contributed by atoms with van der Waals surface area (Å²) in [5, 5.41) is 2.68. The fourth-order valence-electron chi connectivity index (χ4n) is 3.81. The van der Waals surface area contributed by atoms with Gasteiger partial charge in [0.1, 0.15) is 10.4 Å². The van der Waals surface area contributed by atoms with Crippen LogP contribution in [0.25, 0.3) is 0 Å². The maximum atomic E-state index is 13.1. The van der Waals surface area contributed by atoms with Crippen LogP contribution >= 0.6 is 23.2 Å². The van der Waals surface area contributed by atoms with Gasteiger partial charge in [-0.1, -0.05) is 41.0 Å². The summed E-state index contributed by atoms with van der Waals surface area (Å²) in [6.45, 7) is 11.1. The lowest BCUT2D eigenvalue weighted by Gasteiger charge is -2.35. The average Bonchev–Trinajstić information content (AvgIpc) is 2.95. The Hall–Kier alpha value is -1.14. The summed E-state index contributed by atoms with van der Waals surface area (Å²) in [6.07, 6.45) is 0.976. The molecular weight excluding hydrogens is 403 g/mol. The molecule has 0 bridgehead atoms. The highest BCUT2D eigenvalue weighted by atomic mass is 35.5. The number of rotatable bonds is 7. The van der Waals surface area contributed by atoms with Crippen molar-refractivity contribution in [2.24, 2.45) is 23.2 Å². The summed E-state index contributed by atoms with van der Waals surface area (Å²) in [4.78, 5) is 51.4. The maximum absolute atomic E-state index is 13.1. The molecule has 2 rings (SSSR count). The highest BCUT2D eigenvalue weighted by Gasteiger charge is 2.74. The first-order valence-corrected chi connectivity index (χ1v) is 10.5. The Morgan fingerprint density at radius 1 is 1.21 bits per heavy atom. The van der Waals surface area contributed by atoms with Crippen LogP contribution in [0.5, 0.6) is 0 Å². The molecule has 0 aromatic carbocycles. The molecule has 1 aliphatic carbocycles. The van der Waals surface area contributed by atoms with E-state index in [1.807, 2.05) is 34.6 Å². The van der Waals surface area contributed by atoms with Crippen molar-refractivity contribution in [1.82, 2.24) is 10.2 Å². The average molecular weight is 433 g/mol. The van der Waals surface area contributed by atoms with Gasteiger partial charge in [-0.2, -0.15) is 0 Å². The number of likely N-dealkylation sites (tertiary alicyclic amines) is 1. The van der Waals surface area contributed by atoms with Crippen molar-refractivity contribution in [3.63, 3.8) is 0 Å². The first-order chi connectivity index (χ1) is 12.7. The molecule has 1 N–H and O–H groups in total. The second-order valence-electron chi connectivity index (χ2n) is 9.10. The molecule has 8 heteroatoms. The van der Waals surface area contributed by atoms with E-state index in [9.17, 15) is 19.2 Å². The Labute approximate surface area is 176 Å². The molecular formula is C20H30Cl2N2O4. The number of amides is 2. The number of hydrogen-bond acceptors (Lipinski definition) is 4. The SMILES string of the molecule is CCCC(NC(=O)[C@@H]1[C@@H]2[C@H](CN1C(=O)[C@@H](C)C(C)(C)C)C2(Cl)Cl)C(=O)C(C)=O. The molecule has 6 nitrogen and oxygen atoms in total. The van der Waals surface area contributed by atoms with Crippen molar-refractivity contribution in [1.29, 1.82) is 0 Å². The third-order valence-corrected chi connectivity index (χ3v) is 7.18. The molecule has 1 saturated heterocycles. The zero-order valence-electron chi connectivity index (χ0n) is 17.3. The number of carbonyl (C=O) groups excluding carboxylic acids is 4. The van der Waals surface area contributed by atoms with Crippen LogP contribution in [0.1, 0.15) is 54.4 Å². The molecule has 2 fully saturated rings. The Balaban J connectivity index is 2.24. The lowest BCUT2D eigenvalue weighted by molar-refractivity contribution is -0.146. The number of nitrogens with one attached hydrogen (secondary N) is 1. The third kappa shape index (κ3) is 4.23. The summed E-state index contributed by atoms with van der Waals surface area (Å²) < 4.78 is -1.05. The molecule has 0 aromatic heterocycles. The summed E-state index contributed by atoms with van der Waals surface area (Å²) in [5.74, 6) is -2.69. The highest BCUT2D eigenvalue weighted by Crippen LogP contribution is 2.65. The van der Waals surface area contributed by atoms with E-state index in [0.717, 1.165) is 0 Å². The highest BCUT2D eigenvalue weighted by molar-refractivity contribution is 6.51. The fraction of sp³-hybridized carbons (Fsp3) is 0.800. The number of halogens is 2.